The number of halogens is 2. The summed E-state index contributed by atoms with van der Waals surface area (Å²) in [6.45, 7) is 3.77. The largest absolute Gasteiger partial charge is 0.366 e. The van der Waals surface area contributed by atoms with E-state index in [0.717, 1.165) is 6.07 Å². The van der Waals surface area contributed by atoms with Crippen LogP contribution in [0.1, 0.15) is 30.6 Å². The van der Waals surface area contributed by atoms with Crippen molar-refractivity contribution < 1.29 is 18.4 Å². The van der Waals surface area contributed by atoms with E-state index in [4.69, 9.17) is 11.5 Å². The molecule has 1 aromatic carbocycles. The van der Waals surface area contributed by atoms with Crippen molar-refractivity contribution in [1.29, 1.82) is 0 Å². The molecule has 0 heterocycles. The van der Waals surface area contributed by atoms with Crippen molar-refractivity contribution in [3.05, 3.63) is 29.3 Å². The number of anilines is 1. The molecule has 5 N–H and O–H groups in total. The first kappa shape index (κ1) is 16.0. The predicted molar refractivity (Wildman–Crippen MR) is 70.9 cm³/mol. The fraction of sp³-hybridized carbons (Fsp3) is 0.385. The van der Waals surface area contributed by atoms with Crippen molar-refractivity contribution in [1.82, 2.24) is 0 Å². The van der Waals surface area contributed by atoms with Crippen LogP contribution in [0, 0.1) is 17.6 Å². The van der Waals surface area contributed by atoms with Gasteiger partial charge in [-0.1, -0.05) is 13.8 Å². The van der Waals surface area contributed by atoms with Crippen molar-refractivity contribution in [2.45, 2.75) is 26.3 Å². The van der Waals surface area contributed by atoms with Gasteiger partial charge in [-0.3, -0.25) is 9.59 Å². The summed E-state index contributed by atoms with van der Waals surface area (Å²) in [6, 6.07) is 0.521. The van der Waals surface area contributed by atoms with Crippen molar-refractivity contribution in [2.24, 2.45) is 17.4 Å². The molecule has 5 nitrogen and oxygen atoms in total. The number of carbonyl (C=O) groups is 2. The molecule has 7 heteroatoms. The minimum atomic E-state index is -1.08. The van der Waals surface area contributed by atoms with Gasteiger partial charge >= 0.3 is 0 Å². The number of nitrogens with two attached hydrogens (primary N) is 2. The van der Waals surface area contributed by atoms with Gasteiger partial charge in [-0.15, -0.1) is 0 Å². The lowest BCUT2D eigenvalue weighted by molar-refractivity contribution is -0.117. The molecule has 20 heavy (non-hydrogen) atoms. The molecule has 0 aliphatic heterocycles. The highest BCUT2D eigenvalue weighted by atomic mass is 19.1. The number of amides is 2. The average Bonchev–Trinajstić information content (AvgIpc) is 2.30. The Bertz CT molecular complexity index is 533. The SMILES string of the molecule is CC(C)C[C@@H](N)C(=O)Nc1cc(C(N)=O)c(F)cc1F. The molecule has 0 fully saturated rings. The molecular weight excluding hydrogens is 268 g/mol. The van der Waals surface area contributed by atoms with Crippen molar-refractivity contribution >= 4 is 17.5 Å². The fourth-order valence-corrected chi connectivity index (χ4v) is 1.67. The van der Waals surface area contributed by atoms with Crippen molar-refractivity contribution in [2.75, 3.05) is 5.32 Å². The Morgan fingerprint density at radius 1 is 1.25 bits per heavy atom. The summed E-state index contributed by atoms with van der Waals surface area (Å²) in [5.41, 5.74) is 9.76. The normalized spacial score (nSPS) is 12.3. The first-order valence-electron chi connectivity index (χ1n) is 6.07. The topological polar surface area (TPSA) is 98.2 Å². The van der Waals surface area contributed by atoms with Gasteiger partial charge in [0.05, 0.1) is 17.3 Å². The quantitative estimate of drug-likeness (QED) is 0.762. The van der Waals surface area contributed by atoms with Crippen LogP contribution in [0.5, 0.6) is 0 Å². The second kappa shape index (κ2) is 6.42. The number of hydrogen-bond acceptors (Lipinski definition) is 3. The molecule has 0 aliphatic rings. The van der Waals surface area contributed by atoms with Gasteiger partial charge in [-0.25, -0.2) is 8.78 Å². The smallest absolute Gasteiger partial charge is 0.251 e. The van der Waals surface area contributed by atoms with Crippen LogP contribution in [-0.4, -0.2) is 17.9 Å². The predicted octanol–water partition coefficient (Wildman–Crippen LogP) is 1.38. The van der Waals surface area contributed by atoms with Crippen LogP contribution >= 0.6 is 0 Å². The third kappa shape index (κ3) is 3.99. The van der Waals surface area contributed by atoms with Crippen LogP contribution in [0.2, 0.25) is 0 Å². The van der Waals surface area contributed by atoms with E-state index in [9.17, 15) is 18.4 Å². The van der Waals surface area contributed by atoms with Gasteiger partial charge in [0, 0.05) is 6.07 Å². The number of primary amides is 1. The molecule has 1 rings (SSSR count). The van der Waals surface area contributed by atoms with E-state index >= 15 is 0 Å². The van der Waals surface area contributed by atoms with Crippen LogP contribution < -0.4 is 16.8 Å². The molecule has 0 spiro atoms. The summed E-state index contributed by atoms with van der Waals surface area (Å²) >= 11 is 0. The molecule has 0 radical (unpaired) electrons. The van der Waals surface area contributed by atoms with E-state index in [-0.39, 0.29) is 11.6 Å². The number of benzene rings is 1. The minimum absolute atomic E-state index is 0.190. The highest BCUT2D eigenvalue weighted by molar-refractivity contribution is 5.98. The first-order chi connectivity index (χ1) is 9.22. The van der Waals surface area contributed by atoms with Gasteiger partial charge in [0.15, 0.2) is 0 Å². The summed E-state index contributed by atoms with van der Waals surface area (Å²) in [7, 11) is 0. The third-order valence-corrected chi connectivity index (χ3v) is 2.64. The van der Waals surface area contributed by atoms with E-state index < -0.39 is 35.1 Å². The van der Waals surface area contributed by atoms with E-state index in [1.807, 2.05) is 13.8 Å². The van der Waals surface area contributed by atoms with Gasteiger partial charge in [0.1, 0.15) is 11.6 Å². The lowest BCUT2D eigenvalue weighted by Crippen LogP contribution is -2.37. The molecule has 110 valence electrons. The van der Waals surface area contributed by atoms with E-state index in [1.54, 1.807) is 0 Å². The molecule has 0 bridgehead atoms. The Morgan fingerprint density at radius 2 is 1.85 bits per heavy atom. The van der Waals surface area contributed by atoms with Gasteiger partial charge < -0.3 is 16.8 Å². The van der Waals surface area contributed by atoms with Crippen molar-refractivity contribution in [3.63, 3.8) is 0 Å². The second-order valence-electron chi connectivity index (χ2n) is 4.90. The Hall–Kier alpha value is -2.02. The maximum Gasteiger partial charge on any atom is 0.251 e. The van der Waals surface area contributed by atoms with Gasteiger partial charge in [-0.05, 0) is 18.4 Å². The monoisotopic (exact) mass is 285 g/mol. The van der Waals surface area contributed by atoms with Crippen LogP contribution in [0.25, 0.3) is 0 Å². The standard InChI is InChI=1S/C13H17F2N3O2/c1-6(2)3-10(16)13(20)18-11-4-7(12(17)19)8(14)5-9(11)15/h4-6,10H,3,16H2,1-2H3,(H2,17,19)(H,18,20)/t10-/m1/s1. The first-order valence-corrected chi connectivity index (χ1v) is 6.07. The van der Waals surface area contributed by atoms with Crippen LogP contribution in [0.4, 0.5) is 14.5 Å². The Morgan fingerprint density at radius 3 is 2.35 bits per heavy atom. The summed E-state index contributed by atoms with van der Waals surface area (Å²) in [5.74, 6) is -3.56. The average molecular weight is 285 g/mol. The van der Waals surface area contributed by atoms with E-state index in [0.29, 0.717) is 12.5 Å². The number of carbonyl (C=O) groups excluding carboxylic acids is 2. The van der Waals surface area contributed by atoms with E-state index in [1.165, 1.54) is 0 Å². The number of rotatable bonds is 5. The van der Waals surface area contributed by atoms with Crippen LogP contribution in [-0.2, 0) is 4.79 Å². The molecule has 1 aromatic rings. The molecule has 0 saturated heterocycles. The highest BCUT2D eigenvalue weighted by Gasteiger charge is 2.19. The molecule has 0 aromatic heterocycles. The zero-order valence-electron chi connectivity index (χ0n) is 11.2. The lowest BCUT2D eigenvalue weighted by Gasteiger charge is -2.15. The second-order valence-corrected chi connectivity index (χ2v) is 4.90. The highest BCUT2D eigenvalue weighted by Crippen LogP contribution is 2.20. The summed E-state index contributed by atoms with van der Waals surface area (Å²) < 4.78 is 26.8. The number of nitrogens with one attached hydrogen (secondary N) is 1. The molecule has 0 saturated carbocycles. The number of hydrogen-bond donors (Lipinski definition) is 3. The van der Waals surface area contributed by atoms with Crippen LogP contribution in [0.3, 0.4) is 0 Å². The van der Waals surface area contributed by atoms with Gasteiger partial charge in [0.25, 0.3) is 5.91 Å². The molecule has 0 aliphatic carbocycles. The zero-order chi connectivity index (χ0) is 15.4. The summed E-state index contributed by atoms with van der Waals surface area (Å²) in [6.07, 6.45) is 0.414. The lowest BCUT2D eigenvalue weighted by atomic mass is 10.0. The molecule has 0 unspecified atom stereocenters. The van der Waals surface area contributed by atoms with E-state index in [2.05, 4.69) is 5.32 Å². The van der Waals surface area contributed by atoms with Gasteiger partial charge in [0.2, 0.25) is 5.91 Å². The maximum atomic E-state index is 13.5. The maximum absolute atomic E-state index is 13.5. The molecule has 1 atom stereocenters. The summed E-state index contributed by atoms with van der Waals surface area (Å²) in [4.78, 5) is 22.7. The Labute approximate surface area is 115 Å². The molecular formula is C13H17F2N3O2. The molecule has 2 amide bonds. The third-order valence-electron chi connectivity index (χ3n) is 2.64. The van der Waals surface area contributed by atoms with Crippen LogP contribution in [0.15, 0.2) is 12.1 Å². The Kier molecular flexibility index (Phi) is 5.15. The zero-order valence-corrected chi connectivity index (χ0v) is 11.2. The minimum Gasteiger partial charge on any atom is -0.366 e. The Balaban J connectivity index is 2.95. The van der Waals surface area contributed by atoms with Crippen molar-refractivity contribution in [3.8, 4) is 0 Å². The van der Waals surface area contributed by atoms with Gasteiger partial charge in [-0.2, -0.15) is 0 Å². The summed E-state index contributed by atoms with van der Waals surface area (Å²) in [5, 5.41) is 2.22. The fourth-order valence-electron chi connectivity index (χ4n) is 1.67.